The highest BCUT2D eigenvalue weighted by Gasteiger charge is 2.42. The molecule has 2 N–H and O–H groups in total. The number of hydrogen-bond donors (Lipinski definition) is 2. The van der Waals surface area contributed by atoms with Gasteiger partial charge in [0.15, 0.2) is 5.96 Å². The number of amides is 1. The van der Waals surface area contributed by atoms with E-state index < -0.39 is 12.0 Å². The molecule has 1 aromatic carbocycles. The highest BCUT2D eigenvalue weighted by molar-refractivity contribution is 6.30. The summed E-state index contributed by atoms with van der Waals surface area (Å²) in [5, 5.41) is 6.69. The molecule has 1 fully saturated rings. The summed E-state index contributed by atoms with van der Waals surface area (Å²) < 4.78 is 29.7. The van der Waals surface area contributed by atoms with Crippen LogP contribution in [0, 0.1) is 5.41 Å². The number of benzene rings is 1. The predicted molar refractivity (Wildman–Crippen MR) is 106 cm³/mol. The first-order chi connectivity index (χ1) is 13.3. The Labute approximate surface area is 169 Å². The molecule has 28 heavy (non-hydrogen) atoms. The molecule has 0 heterocycles. The minimum atomic E-state index is -2.92. The molecule has 0 spiro atoms. The molecule has 1 aliphatic carbocycles. The van der Waals surface area contributed by atoms with Crippen LogP contribution in [-0.4, -0.2) is 51.1 Å². The number of aliphatic imine (C=N–C) groups is 1. The van der Waals surface area contributed by atoms with Crippen molar-refractivity contribution in [2.45, 2.75) is 38.8 Å². The molecule has 1 aliphatic rings. The molecule has 2 rings (SSSR count). The van der Waals surface area contributed by atoms with Gasteiger partial charge in [0.1, 0.15) is 5.75 Å². The number of ether oxygens (including phenoxy) is 1. The van der Waals surface area contributed by atoms with Gasteiger partial charge in [0.05, 0.1) is 5.41 Å². The molecule has 9 heteroatoms. The summed E-state index contributed by atoms with van der Waals surface area (Å²) in [6, 6.07) is 4.46. The van der Waals surface area contributed by atoms with Gasteiger partial charge < -0.3 is 20.3 Å². The molecule has 6 nitrogen and oxygen atoms in total. The Balaban J connectivity index is 2.02. The first kappa shape index (κ1) is 22.2. The van der Waals surface area contributed by atoms with Crippen LogP contribution in [0.2, 0.25) is 5.02 Å². The van der Waals surface area contributed by atoms with E-state index in [2.05, 4.69) is 20.4 Å². The Morgan fingerprint density at radius 2 is 2.00 bits per heavy atom. The third kappa shape index (κ3) is 5.70. The zero-order chi connectivity index (χ0) is 20.7. The van der Waals surface area contributed by atoms with Crippen molar-refractivity contribution >= 4 is 23.5 Å². The third-order valence-electron chi connectivity index (χ3n) is 4.92. The highest BCUT2D eigenvalue weighted by atomic mass is 35.5. The van der Waals surface area contributed by atoms with E-state index in [4.69, 9.17) is 11.6 Å². The number of halogens is 3. The Hall–Kier alpha value is -2.09. The van der Waals surface area contributed by atoms with E-state index in [0.717, 1.165) is 25.7 Å². The molecule has 156 valence electrons. The third-order valence-corrected chi connectivity index (χ3v) is 5.16. The molecule has 1 aromatic rings. The maximum Gasteiger partial charge on any atom is 0.387 e. The molecule has 0 aliphatic heterocycles. The summed E-state index contributed by atoms with van der Waals surface area (Å²) in [5.41, 5.74) is 0.0388. The second-order valence-corrected chi connectivity index (χ2v) is 7.53. The Morgan fingerprint density at radius 3 is 2.57 bits per heavy atom. The molecule has 0 bridgehead atoms. The maximum absolute atomic E-state index is 12.7. The molecule has 0 saturated heterocycles. The Morgan fingerprint density at radius 1 is 1.32 bits per heavy atom. The fourth-order valence-electron chi connectivity index (χ4n) is 3.54. The Kier molecular flexibility index (Phi) is 7.86. The lowest BCUT2D eigenvalue weighted by atomic mass is 9.84. The van der Waals surface area contributed by atoms with E-state index in [-0.39, 0.29) is 18.2 Å². The number of guanidine groups is 1. The van der Waals surface area contributed by atoms with Crippen molar-refractivity contribution in [3.8, 4) is 5.75 Å². The van der Waals surface area contributed by atoms with Crippen LogP contribution < -0.4 is 15.4 Å². The van der Waals surface area contributed by atoms with Crippen molar-refractivity contribution in [3.63, 3.8) is 0 Å². The number of hydrogen-bond acceptors (Lipinski definition) is 3. The van der Waals surface area contributed by atoms with E-state index in [1.807, 2.05) is 0 Å². The van der Waals surface area contributed by atoms with Crippen molar-refractivity contribution < 1.29 is 18.3 Å². The topological polar surface area (TPSA) is 66.0 Å². The SMILES string of the molecule is CN=C(NCc1cc(Cl)ccc1OC(F)F)NCC1(C(=O)N(C)C)CCCC1. The summed E-state index contributed by atoms with van der Waals surface area (Å²) >= 11 is 5.97. The fourth-order valence-corrected chi connectivity index (χ4v) is 3.74. The van der Waals surface area contributed by atoms with Crippen molar-refractivity contribution in [2.75, 3.05) is 27.7 Å². The number of carbonyl (C=O) groups excluding carboxylic acids is 1. The minimum absolute atomic E-state index is 0.0531. The van der Waals surface area contributed by atoms with Gasteiger partial charge in [0.25, 0.3) is 0 Å². The molecule has 0 radical (unpaired) electrons. The largest absolute Gasteiger partial charge is 0.434 e. The monoisotopic (exact) mass is 416 g/mol. The van der Waals surface area contributed by atoms with E-state index in [1.54, 1.807) is 32.1 Å². The highest BCUT2D eigenvalue weighted by Crippen LogP contribution is 2.38. The second kappa shape index (κ2) is 9.91. The van der Waals surface area contributed by atoms with Crippen LogP contribution in [0.4, 0.5) is 8.78 Å². The average Bonchev–Trinajstić information content (AvgIpc) is 3.12. The van der Waals surface area contributed by atoms with E-state index in [1.165, 1.54) is 12.1 Å². The Bertz CT molecular complexity index is 707. The summed E-state index contributed by atoms with van der Waals surface area (Å²) in [6.45, 7) is -2.27. The van der Waals surface area contributed by atoms with Gasteiger partial charge in [-0.2, -0.15) is 8.78 Å². The van der Waals surface area contributed by atoms with Crippen LogP contribution in [0.1, 0.15) is 31.2 Å². The summed E-state index contributed by atoms with van der Waals surface area (Å²) in [5.74, 6) is 0.633. The standard InChI is InChI=1S/C19H27ClF2N4O2/c1-23-18(25-12-19(8-4-5-9-19)16(27)26(2)3)24-11-13-10-14(20)6-7-15(13)28-17(21)22/h6-7,10,17H,4-5,8-9,11-12H2,1-3H3,(H2,23,24,25). The molecular weight excluding hydrogens is 390 g/mol. The minimum Gasteiger partial charge on any atom is -0.434 e. The first-order valence-corrected chi connectivity index (χ1v) is 9.55. The lowest BCUT2D eigenvalue weighted by Crippen LogP contribution is -2.49. The zero-order valence-electron chi connectivity index (χ0n) is 16.4. The normalized spacial score (nSPS) is 16.2. The van der Waals surface area contributed by atoms with Gasteiger partial charge in [-0.25, -0.2) is 0 Å². The van der Waals surface area contributed by atoms with Crippen LogP contribution in [0.5, 0.6) is 5.75 Å². The number of alkyl halides is 2. The lowest BCUT2D eigenvalue weighted by Gasteiger charge is -2.31. The molecule has 1 saturated carbocycles. The van der Waals surface area contributed by atoms with Crippen LogP contribution in [0.15, 0.2) is 23.2 Å². The lowest BCUT2D eigenvalue weighted by molar-refractivity contribution is -0.138. The first-order valence-electron chi connectivity index (χ1n) is 9.17. The van der Waals surface area contributed by atoms with Crippen LogP contribution in [0.25, 0.3) is 0 Å². The van der Waals surface area contributed by atoms with Crippen molar-refractivity contribution in [1.29, 1.82) is 0 Å². The number of nitrogens with one attached hydrogen (secondary N) is 2. The summed E-state index contributed by atoms with van der Waals surface area (Å²) in [4.78, 5) is 18.4. The quantitative estimate of drug-likeness (QED) is 0.529. The van der Waals surface area contributed by atoms with Gasteiger partial charge in [-0.1, -0.05) is 24.4 Å². The van der Waals surface area contributed by atoms with Crippen LogP contribution in [-0.2, 0) is 11.3 Å². The second-order valence-electron chi connectivity index (χ2n) is 7.10. The van der Waals surface area contributed by atoms with Crippen molar-refractivity contribution in [3.05, 3.63) is 28.8 Å². The summed E-state index contributed by atoms with van der Waals surface area (Å²) in [6.07, 6.45) is 3.69. The average molecular weight is 417 g/mol. The van der Waals surface area contributed by atoms with E-state index >= 15 is 0 Å². The predicted octanol–water partition coefficient (Wildman–Crippen LogP) is 3.26. The van der Waals surface area contributed by atoms with Crippen LogP contribution >= 0.6 is 11.6 Å². The summed E-state index contributed by atoms with van der Waals surface area (Å²) in [7, 11) is 5.14. The van der Waals surface area contributed by atoms with Crippen molar-refractivity contribution in [2.24, 2.45) is 10.4 Å². The molecule has 0 aromatic heterocycles. The molecule has 0 unspecified atom stereocenters. The molecule has 0 atom stereocenters. The molecular formula is C19H27ClF2N4O2. The van der Waals surface area contributed by atoms with Crippen molar-refractivity contribution in [1.82, 2.24) is 15.5 Å². The van der Waals surface area contributed by atoms with Gasteiger partial charge >= 0.3 is 6.61 Å². The maximum atomic E-state index is 12.7. The zero-order valence-corrected chi connectivity index (χ0v) is 17.2. The number of nitrogens with zero attached hydrogens (tertiary/aromatic N) is 2. The van der Waals surface area contributed by atoms with Gasteiger partial charge in [0, 0.05) is 44.8 Å². The van der Waals surface area contributed by atoms with Gasteiger partial charge in [0.2, 0.25) is 5.91 Å². The van der Waals surface area contributed by atoms with Gasteiger partial charge in [-0.3, -0.25) is 9.79 Å². The van der Waals surface area contributed by atoms with Gasteiger partial charge in [-0.05, 0) is 31.0 Å². The smallest absolute Gasteiger partial charge is 0.387 e. The van der Waals surface area contributed by atoms with Gasteiger partial charge in [-0.15, -0.1) is 0 Å². The number of carbonyl (C=O) groups is 1. The number of rotatable bonds is 7. The van der Waals surface area contributed by atoms with Crippen LogP contribution in [0.3, 0.4) is 0 Å². The van der Waals surface area contributed by atoms with E-state index in [9.17, 15) is 13.6 Å². The fraction of sp³-hybridized carbons (Fsp3) is 0.579. The van der Waals surface area contributed by atoms with E-state index in [0.29, 0.717) is 23.1 Å². The molecule has 1 amide bonds.